The maximum Gasteiger partial charge on any atom is 0.336 e. The first kappa shape index (κ1) is 17.5. The van der Waals surface area contributed by atoms with E-state index in [1.807, 2.05) is 23.9 Å². The quantitative estimate of drug-likeness (QED) is 0.374. The van der Waals surface area contributed by atoms with E-state index in [4.69, 9.17) is 0 Å². The average Bonchev–Trinajstić information content (AvgIpc) is 3.10. The molecule has 0 bridgehead atoms. The number of benzene rings is 1. The Balaban J connectivity index is 1.34. The van der Waals surface area contributed by atoms with E-state index >= 15 is 0 Å². The molecule has 1 aromatic carbocycles. The fraction of sp³-hybridized carbons (Fsp3) is 0.529. The number of unbranched alkanes of at least 4 members (excludes halogenated alkanes) is 2. The molecule has 5 nitrogen and oxygen atoms in total. The second kappa shape index (κ2) is 8.16. The Morgan fingerprint density at radius 3 is 2.92 bits per heavy atom. The van der Waals surface area contributed by atoms with Gasteiger partial charge < -0.3 is 15.7 Å². The van der Waals surface area contributed by atoms with Gasteiger partial charge in [0.1, 0.15) is 0 Å². The monoisotopic (exact) mass is 366 g/mol. The Morgan fingerprint density at radius 2 is 2.08 bits per heavy atom. The van der Waals surface area contributed by atoms with E-state index in [-0.39, 0.29) is 6.03 Å². The summed E-state index contributed by atoms with van der Waals surface area (Å²) in [5, 5.41) is 15.7. The minimum absolute atomic E-state index is 0.0243. The van der Waals surface area contributed by atoms with Crippen molar-refractivity contribution in [1.82, 2.24) is 10.6 Å². The van der Waals surface area contributed by atoms with E-state index in [0.717, 1.165) is 42.1 Å². The van der Waals surface area contributed by atoms with Crippen molar-refractivity contribution in [2.45, 2.75) is 47.9 Å². The molecular weight excluding hydrogens is 344 g/mol. The molecule has 2 aliphatic heterocycles. The predicted molar refractivity (Wildman–Crippen MR) is 98.1 cm³/mol. The van der Waals surface area contributed by atoms with Crippen molar-refractivity contribution in [2.24, 2.45) is 0 Å². The van der Waals surface area contributed by atoms with Crippen LogP contribution in [0.3, 0.4) is 0 Å². The van der Waals surface area contributed by atoms with E-state index < -0.39 is 5.97 Å². The molecule has 0 radical (unpaired) electrons. The number of carbonyl (C=O) groups is 2. The Labute approximate surface area is 150 Å². The Morgan fingerprint density at radius 1 is 1.25 bits per heavy atom. The summed E-state index contributed by atoms with van der Waals surface area (Å²) in [6.45, 7) is 0. The summed E-state index contributed by atoms with van der Waals surface area (Å²) in [5.41, 5.74) is 0.389. The highest BCUT2D eigenvalue weighted by molar-refractivity contribution is 8.00. The third kappa shape index (κ3) is 4.19. The number of carboxylic acids is 1. The Kier molecular flexibility index (Phi) is 5.94. The van der Waals surface area contributed by atoms with Crippen molar-refractivity contribution in [2.75, 3.05) is 11.5 Å². The highest BCUT2D eigenvalue weighted by Gasteiger charge is 2.42. The van der Waals surface area contributed by atoms with Gasteiger partial charge in [-0.05, 0) is 30.7 Å². The third-order valence-electron chi connectivity index (χ3n) is 4.45. The van der Waals surface area contributed by atoms with Gasteiger partial charge in [-0.2, -0.15) is 11.8 Å². The van der Waals surface area contributed by atoms with Crippen LogP contribution in [0.1, 0.15) is 36.0 Å². The van der Waals surface area contributed by atoms with Gasteiger partial charge in [0.2, 0.25) is 0 Å². The van der Waals surface area contributed by atoms with Gasteiger partial charge in [0.05, 0.1) is 17.6 Å². The van der Waals surface area contributed by atoms with Crippen LogP contribution >= 0.6 is 23.5 Å². The second-order valence-electron chi connectivity index (χ2n) is 6.12. The highest BCUT2D eigenvalue weighted by Crippen LogP contribution is 2.33. The van der Waals surface area contributed by atoms with Crippen LogP contribution < -0.4 is 10.6 Å². The molecule has 130 valence electrons. The van der Waals surface area contributed by atoms with Crippen molar-refractivity contribution in [3.05, 3.63) is 29.8 Å². The largest absolute Gasteiger partial charge is 0.478 e. The topological polar surface area (TPSA) is 78.4 Å². The van der Waals surface area contributed by atoms with Crippen LogP contribution in [0, 0.1) is 0 Å². The lowest BCUT2D eigenvalue weighted by atomic mass is 10.0. The number of rotatable bonds is 8. The van der Waals surface area contributed by atoms with Crippen molar-refractivity contribution >= 4 is 35.5 Å². The molecule has 3 N–H and O–H groups in total. The summed E-state index contributed by atoms with van der Waals surface area (Å²) in [6.07, 6.45) is 4.49. The molecule has 0 aliphatic carbocycles. The number of aromatic carboxylic acids is 1. The average molecular weight is 367 g/mol. The molecule has 7 heteroatoms. The molecule has 0 saturated carbocycles. The lowest BCUT2D eigenvalue weighted by molar-refractivity contribution is 0.0693. The van der Waals surface area contributed by atoms with Gasteiger partial charge in [-0.1, -0.05) is 25.0 Å². The van der Waals surface area contributed by atoms with Crippen molar-refractivity contribution < 1.29 is 14.7 Å². The summed E-state index contributed by atoms with van der Waals surface area (Å²) < 4.78 is 0. The normalized spacial score (nSPS) is 25.2. The van der Waals surface area contributed by atoms with Crippen LogP contribution in [-0.4, -0.2) is 45.9 Å². The van der Waals surface area contributed by atoms with E-state index in [1.165, 1.54) is 0 Å². The van der Waals surface area contributed by atoms with Gasteiger partial charge in [0.15, 0.2) is 0 Å². The van der Waals surface area contributed by atoms with Crippen LogP contribution in [0.2, 0.25) is 0 Å². The second-order valence-corrected chi connectivity index (χ2v) is 8.53. The van der Waals surface area contributed by atoms with Gasteiger partial charge in [0, 0.05) is 15.9 Å². The first-order valence-corrected chi connectivity index (χ1v) is 10.3. The molecule has 2 saturated heterocycles. The van der Waals surface area contributed by atoms with Gasteiger partial charge in [-0.3, -0.25) is 0 Å². The summed E-state index contributed by atoms with van der Waals surface area (Å²) in [4.78, 5) is 23.4. The summed E-state index contributed by atoms with van der Waals surface area (Å²) in [7, 11) is 0. The fourth-order valence-corrected chi connectivity index (χ4v) is 5.82. The number of fused-ring (bicyclic) bond motifs is 1. The summed E-state index contributed by atoms with van der Waals surface area (Å²) in [6, 6.07) is 7.74. The molecule has 2 amide bonds. The molecule has 0 spiro atoms. The highest BCUT2D eigenvalue weighted by atomic mass is 32.2. The molecule has 3 rings (SSSR count). The number of hydrogen-bond acceptors (Lipinski definition) is 4. The number of nitrogens with one attached hydrogen (secondary N) is 2. The first-order chi connectivity index (χ1) is 11.6. The van der Waals surface area contributed by atoms with E-state index in [9.17, 15) is 14.7 Å². The summed E-state index contributed by atoms with van der Waals surface area (Å²) >= 11 is 3.58. The van der Waals surface area contributed by atoms with Crippen molar-refractivity contribution in [3.63, 3.8) is 0 Å². The minimum atomic E-state index is -0.863. The molecule has 0 unspecified atom stereocenters. The molecule has 1 aromatic rings. The number of carboxylic acid groups (broad SMARTS) is 1. The van der Waals surface area contributed by atoms with Crippen LogP contribution in [0.5, 0.6) is 0 Å². The Bertz CT molecular complexity index is 611. The number of hydrogen-bond donors (Lipinski definition) is 3. The number of thioether (sulfide) groups is 2. The van der Waals surface area contributed by atoms with Gasteiger partial charge >= 0.3 is 12.0 Å². The smallest absolute Gasteiger partial charge is 0.336 e. The van der Waals surface area contributed by atoms with Crippen LogP contribution in [-0.2, 0) is 0 Å². The number of urea groups is 1. The summed E-state index contributed by atoms with van der Waals surface area (Å²) in [5.74, 6) is 1.08. The number of amides is 2. The maximum absolute atomic E-state index is 11.4. The van der Waals surface area contributed by atoms with Crippen LogP contribution in [0.25, 0.3) is 0 Å². The molecule has 2 aliphatic rings. The lowest BCUT2D eigenvalue weighted by Gasteiger charge is -2.16. The predicted octanol–water partition coefficient (Wildman–Crippen LogP) is 3.20. The first-order valence-electron chi connectivity index (χ1n) is 8.29. The van der Waals surface area contributed by atoms with Gasteiger partial charge in [-0.15, -0.1) is 11.8 Å². The zero-order chi connectivity index (χ0) is 16.9. The molecule has 3 atom stereocenters. The third-order valence-corrected chi connectivity index (χ3v) is 7.11. The fourth-order valence-electron chi connectivity index (χ4n) is 3.22. The Hall–Kier alpha value is -1.34. The SMILES string of the molecule is O=C1N[C@H]2[C@H](CS[C@H]2CCCCCSc2ccccc2C(=O)O)N1. The molecule has 24 heavy (non-hydrogen) atoms. The zero-order valence-electron chi connectivity index (χ0n) is 13.4. The number of carbonyl (C=O) groups excluding carboxylic acids is 1. The maximum atomic E-state index is 11.4. The van der Waals surface area contributed by atoms with E-state index in [1.54, 1.807) is 23.9 Å². The molecule has 0 aromatic heterocycles. The van der Waals surface area contributed by atoms with Crippen molar-refractivity contribution in [1.29, 1.82) is 0 Å². The van der Waals surface area contributed by atoms with Gasteiger partial charge in [-0.25, -0.2) is 9.59 Å². The molecule has 2 fully saturated rings. The van der Waals surface area contributed by atoms with E-state index in [2.05, 4.69) is 10.6 Å². The van der Waals surface area contributed by atoms with Gasteiger partial charge in [0.25, 0.3) is 0 Å². The van der Waals surface area contributed by atoms with Crippen LogP contribution in [0.4, 0.5) is 4.79 Å². The van der Waals surface area contributed by atoms with E-state index in [0.29, 0.717) is 22.9 Å². The van der Waals surface area contributed by atoms with Crippen molar-refractivity contribution in [3.8, 4) is 0 Å². The zero-order valence-corrected chi connectivity index (χ0v) is 15.0. The minimum Gasteiger partial charge on any atom is -0.478 e. The van der Waals surface area contributed by atoms with Crippen LogP contribution in [0.15, 0.2) is 29.2 Å². The lowest BCUT2D eigenvalue weighted by Crippen LogP contribution is -2.36. The molecular formula is C17H22N2O3S2. The standard InChI is InChI=1S/C17H22N2O3S2/c20-16(21)11-6-3-4-7-13(11)23-9-5-1-2-8-14-15-12(10-24-14)18-17(22)19-15/h3-4,6-7,12,14-15H,1-2,5,8-10H2,(H,20,21)(H2,18,19,22)/t12-,14-,15-/m0/s1. The molecule has 2 heterocycles.